The van der Waals surface area contributed by atoms with Crippen LogP contribution in [0.25, 0.3) is 0 Å². The topological polar surface area (TPSA) is 104 Å². The molecule has 1 aromatic heterocycles. The van der Waals surface area contributed by atoms with Crippen LogP contribution in [-0.2, 0) is 10.0 Å². The Morgan fingerprint density at radius 2 is 2.05 bits per heavy atom. The number of carboxylic acid groups (broad SMARTS) is 1. The summed E-state index contributed by atoms with van der Waals surface area (Å²) in [6.45, 7) is 1.64. The van der Waals surface area contributed by atoms with Gasteiger partial charge < -0.3 is 10.2 Å². The number of nitrogens with one attached hydrogen (secondary N) is 1. The summed E-state index contributed by atoms with van der Waals surface area (Å²) in [4.78, 5) is 10.7. The Hall–Kier alpha value is -1.90. The second-order valence-corrected chi connectivity index (χ2v) is 7.01. The van der Waals surface area contributed by atoms with Crippen LogP contribution in [0.5, 0.6) is 5.75 Å². The fraction of sp³-hybridized carbons (Fsp3) is 0.154. The van der Waals surface area contributed by atoms with Gasteiger partial charge in [-0.25, -0.2) is 17.9 Å². The third-order valence-corrected chi connectivity index (χ3v) is 5.39. The van der Waals surface area contributed by atoms with Gasteiger partial charge in [0.15, 0.2) is 0 Å². The second kappa shape index (κ2) is 5.84. The summed E-state index contributed by atoms with van der Waals surface area (Å²) in [5, 5.41) is 19.5. The number of hydrogen-bond donors (Lipinski definition) is 3. The number of benzene rings is 1. The van der Waals surface area contributed by atoms with Crippen LogP contribution in [0.2, 0.25) is 0 Å². The summed E-state index contributed by atoms with van der Waals surface area (Å²) in [5.41, 5.74) is 0.604. The summed E-state index contributed by atoms with van der Waals surface area (Å²) in [7, 11) is -3.82. The predicted molar refractivity (Wildman–Crippen MR) is 78.1 cm³/mol. The van der Waals surface area contributed by atoms with Crippen LogP contribution in [0.4, 0.5) is 0 Å². The maximum atomic E-state index is 12.2. The van der Waals surface area contributed by atoms with Gasteiger partial charge in [0.05, 0.1) is 4.90 Å². The summed E-state index contributed by atoms with van der Waals surface area (Å²) >= 11 is 0.851. The number of carbonyl (C=O) groups is 1. The van der Waals surface area contributed by atoms with Crippen molar-refractivity contribution < 1.29 is 23.4 Å². The van der Waals surface area contributed by atoms with E-state index in [4.69, 9.17) is 5.11 Å². The van der Waals surface area contributed by atoms with Crippen LogP contribution in [-0.4, -0.2) is 24.6 Å². The van der Waals surface area contributed by atoms with E-state index in [-0.39, 0.29) is 15.5 Å². The number of sulfonamides is 1. The van der Waals surface area contributed by atoms with E-state index in [1.165, 1.54) is 17.5 Å². The third kappa shape index (κ3) is 3.60. The van der Waals surface area contributed by atoms with Crippen molar-refractivity contribution in [3.63, 3.8) is 0 Å². The number of thiophene rings is 1. The molecule has 0 saturated carbocycles. The molecular formula is C13H13NO5S2. The lowest BCUT2D eigenvalue weighted by atomic mass is 10.1. The van der Waals surface area contributed by atoms with Crippen molar-refractivity contribution >= 4 is 27.3 Å². The van der Waals surface area contributed by atoms with Crippen molar-refractivity contribution in [2.45, 2.75) is 17.9 Å². The van der Waals surface area contributed by atoms with Gasteiger partial charge >= 0.3 is 5.97 Å². The maximum absolute atomic E-state index is 12.2. The zero-order valence-corrected chi connectivity index (χ0v) is 12.6. The standard InChI is InChI=1S/C13H13NO5S2/c1-8(9-3-2-4-10(15)5-9)14-21(18,19)11-6-12(13(16)17)20-7-11/h2-8,14-15H,1H3,(H,16,17). The third-order valence-electron chi connectivity index (χ3n) is 2.80. The molecule has 1 heterocycles. The zero-order valence-electron chi connectivity index (χ0n) is 11.0. The van der Waals surface area contributed by atoms with Crippen LogP contribution >= 0.6 is 11.3 Å². The normalized spacial score (nSPS) is 13.0. The van der Waals surface area contributed by atoms with Gasteiger partial charge in [0, 0.05) is 11.4 Å². The molecule has 0 radical (unpaired) electrons. The highest BCUT2D eigenvalue weighted by Gasteiger charge is 2.21. The van der Waals surface area contributed by atoms with Gasteiger partial charge in [0.25, 0.3) is 0 Å². The van der Waals surface area contributed by atoms with E-state index in [1.807, 2.05) is 0 Å². The molecule has 3 N–H and O–H groups in total. The molecule has 21 heavy (non-hydrogen) atoms. The van der Waals surface area contributed by atoms with Crippen LogP contribution in [0.1, 0.15) is 28.2 Å². The Bertz CT molecular complexity index is 766. The van der Waals surface area contributed by atoms with E-state index in [1.54, 1.807) is 19.1 Å². The van der Waals surface area contributed by atoms with E-state index < -0.39 is 22.0 Å². The number of phenolic OH excluding ortho intramolecular Hbond substituents is 1. The fourth-order valence-electron chi connectivity index (χ4n) is 1.73. The van der Waals surface area contributed by atoms with Crippen molar-refractivity contribution in [1.29, 1.82) is 0 Å². The van der Waals surface area contributed by atoms with E-state index >= 15 is 0 Å². The first-order valence-corrected chi connectivity index (χ1v) is 8.29. The number of phenols is 1. The molecule has 2 aromatic rings. The highest BCUT2D eigenvalue weighted by atomic mass is 32.2. The van der Waals surface area contributed by atoms with E-state index in [2.05, 4.69) is 4.72 Å². The molecule has 0 aliphatic rings. The van der Waals surface area contributed by atoms with Crippen LogP contribution in [0.15, 0.2) is 40.6 Å². The number of carboxylic acids is 1. The van der Waals surface area contributed by atoms with Gasteiger partial charge in [0.2, 0.25) is 10.0 Å². The molecule has 1 unspecified atom stereocenters. The first kappa shape index (κ1) is 15.5. The van der Waals surface area contributed by atoms with Gasteiger partial charge in [-0.05, 0) is 30.7 Å². The lowest BCUT2D eigenvalue weighted by molar-refractivity contribution is 0.0702. The Kier molecular flexibility index (Phi) is 4.31. The predicted octanol–water partition coefficient (Wildman–Crippen LogP) is 2.19. The molecule has 0 amide bonds. The molecule has 8 heteroatoms. The molecule has 0 saturated heterocycles. The van der Waals surface area contributed by atoms with Crippen LogP contribution < -0.4 is 4.72 Å². The minimum atomic E-state index is -3.82. The number of aromatic carboxylic acids is 1. The molecule has 6 nitrogen and oxygen atoms in total. The largest absolute Gasteiger partial charge is 0.508 e. The molecule has 1 aromatic carbocycles. The summed E-state index contributed by atoms with van der Waals surface area (Å²) in [6.07, 6.45) is 0. The molecule has 0 spiro atoms. The molecular weight excluding hydrogens is 314 g/mol. The minimum absolute atomic E-state index is 0.0413. The molecule has 0 bridgehead atoms. The number of rotatable bonds is 5. The lowest BCUT2D eigenvalue weighted by Gasteiger charge is -2.14. The second-order valence-electron chi connectivity index (χ2n) is 4.39. The molecule has 0 aliphatic heterocycles. The number of hydrogen-bond acceptors (Lipinski definition) is 5. The first-order valence-electron chi connectivity index (χ1n) is 5.92. The molecule has 1 atom stereocenters. The maximum Gasteiger partial charge on any atom is 0.345 e. The Morgan fingerprint density at radius 3 is 2.62 bits per heavy atom. The SMILES string of the molecule is CC(NS(=O)(=O)c1csc(C(=O)O)c1)c1cccc(O)c1. The lowest BCUT2D eigenvalue weighted by Crippen LogP contribution is -2.26. The molecule has 0 fully saturated rings. The van der Waals surface area contributed by atoms with Crippen LogP contribution in [0.3, 0.4) is 0 Å². The Labute approximate surface area is 125 Å². The van der Waals surface area contributed by atoms with E-state index in [0.717, 1.165) is 17.4 Å². The highest BCUT2D eigenvalue weighted by Crippen LogP contribution is 2.23. The van der Waals surface area contributed by atoms with Crippen molar-refractivity contribution in [3.05, 3.63) is 46.2 Å². The molecule has 112 valence electrons. The van der Waals surface area contributed by atoms with Gasteiger partial charge in [-0.1, -0.05) is 12.1 Å². The average molecular weight is 327 g/mol. The Morgan fingerprint density at radius 1 is 1.33 bits per heavy atom. The Balaban J connectivity index is 2.22. The highest BCUT2D eigenvalue weighted by molar-refractivity contribution is 7.89. The number of aromatic hydroxyl groups is 1. The van der Waals surface area contributed by atoms with Gasteiger partial charge in [-0.3, -0.25) is 0 Å². The van der Waals surface area contributed by atoms with Crippen molar-refractivity contribution in [3.8, 4) is 5.75 Å². The average Bonchev–Trinajstić information content (AvgIpc) is 2.88. The quantitative estimate of drug-likeness (QED) is 0.781. The van der Waals surface area contributed by atoms with Gasteiger partial charge in [-0.15, -0.1) is 11.3 Å². The fourth-order valence-corrected chi connectivity index (χ4v) is 4.08. The summed E-state index contributed by atoms with van der Waals surface area (Å²) in [5.74, 6) is -1.12. The molecule has 0 aliphatic carbocycles. The van der Waals surface area contributed by atoms with E-state index in [0.29, 0.717) is 5.56 Å². The smallest absolute Gasteiger partial charge is 0.345 e. The first-order chi connectivity index (χ1) is 9.79. The van der Waals surface area contributed by atoms with Crippen LogP contribution in [0, 0.1) is 0 Å². The molecule has 2 rings (SSSR count). The summed E-state index contributed by atoms with van der Waals surface area (Å²) < 4.78 is 26.8. The van der Waals surface area contributed by atoms with E-state index in [9.17, 15) is 18.3 Å². The van der Waals surface area contributed by atoms with Crippen molar-refractivity contribution in [2.24, 2.45) is 0 Å². The van der Waals surface area contributed by atoms with Gasteiger partial charge in [0.1, 0.15) is 10.6 Å². The van der Waals surface area contributed by atoms with Crippen molar-refractivity contribution in [1.82, 2.24) is 4.72 Å². The van der Waals surface area contributed by atoms with Gasteiger partial charge in [-0.2, -0.15) is 0 Å². The minimum Gasteiger partial charge on any atom is -0.508 e. The van der Waals surface area contributed by atoms with Crippen molar-refractivity contribution in [2.75, 3.05) is 0 Å². The zero-order chi connectivity index (χ0) is 15.6. The monoisotopic (exact) mass is 327 g/mol. The summed E-state index contributed by atoms with van der Waals surface area (Å²) in [6, 6.07) is 6.80.